The summed E-state index contributed by atoms with van der Waals surface area (Å²) in [7, 11) is 1.69. The Bertz CT molecular complexity index is 539. The van der Waals surface area contributed by atoms with Crippen LogP contribution in [0, 0.1) is 5.92 Å². The van der Waals surface area contributed by atoms with E-state index >= 15 is 0 Å². The van der Waals surface area contributed by atoms with Crippen molar-refractivity contribution in [1.29, 1.82) is 0 Å². The van der Waals surface area contributed by atoms with Gasteiger partial charge in [0.2, 0.25) is 0 Å². The quantitative estimate of drug-likeness (QED) is 0.683. The van der Waals surface area contributed by atoms with E-state index in [0.717, 1.165) is 42.7 Å². The Labute approximate surface area is 134 Å². The van der Waals surface area contributed by atoms with Crippen molar-refractivity contribution in [1.82, 2.24) is 14.8 Å². The topological polar surface area (TPSA) is 39.9 Å². The minimum Gasteiger partial charge on any atom is -0.497 e. The summed E-state index contributed by atoms with van der Waals surface area (Å²) in [4.78, 5) is 4.40. The van der Waals surface area contributed by atoms with Crippen LogP contribution in [0.15, 0.2) is 30.6 Å². The normalized spacial score (nSPS) is 12.3. The van der Waals surface area contributed by atoms with Gasteiger partial charge in [0.1, 0.15) is 17.9 Å². The fraction of sp³-hybridized carbons (Fsp3) is 0.500. The molecule has 0 aliphatic heterocycles. The third-order valence-corrected chi connectivity index (χ3v) is 4.42. The molecule has 0 bridgehead atoms. The highest BCUT2D eigenvalue weighted by Crippen LogP contribution is 2.18. The van der Waals surface area contributed by atoms with Crippen molar-refractivity contribution in [3.8, 4) is 5.75 Å². The Balaban J connectivity index is 2.00. The van der Waals surface area contributed by atoms with Crippen molar-refractivity contribution in [3.63, 3.8) is 0 Å². The van der Waals surface area contributed by atoms with E-state index in [0.29, 0.717) is 5.92 Å². The van der Waals surface area contributed by atoms with Crippen molar-refractivity contribution in [3.05, 3.63) is 42.0 Å². The van der Waals surface area contributed by atoms with Crippen molar-refractivity contribution in [2.45, 2.75) is 32.7 Å². The van der Waals surface area contributed by atoms with Gasteiger partial charge in [-0.05, 0) is 36.5 Å². The zero-order valence-corrected chi connectivity index (χ0v) is 14.2. The molecule has 0 fully saturated rings. The lowest BCUT2D eigenvalue weighted by atomic mass is 9.97. The van der Waals surface area contributed by atoms with Crippen LogP contribution in [-0.2, 0) is 19.4 Å². The summed E-state index contributed by atoms with van der Waals surface area (Å²) in [6.45, 7) is 3.09. The SMILES string of the molecule is CCCn1ncnc1CC(CBr)Cc1ccc(OC)cc1. The molecule has 1 unspecified atom stereocenters. The molecule has 0 amide bonds. The smallest absolute Gasteiger partial charge is 0.138 e. The fourth-order valence-electron chi connectivity index (χ4n) is 2.38. The zero-order chi connectivity index (χ0) is 15.1. The third kappa shape index (κ3) is 4.56. The predicted octanol–water partition coefficient (Wildman–Crippen LogP) is 3.49. The van der Waals surface area contributed by atoms with Crippen LogP contribution in [-0.4, -0.2) is 27.2 Å². The number of aryl methyl sites for hydroxylation is 1. The molecule has 5 heteroatoms. The lowest BCUT2D eigenvalue weighted by Gasteiger charge is -2.14. The van der Waals surface area contributed by atoms with Crippen LogP contribution in [0.5, 0.6) is 5.75 Å². The van der Waals surface area contributed by atoms with Gasteiger partial charge in [-0.1, -0.05) is 35.0 Å². The highest BCUT2D eigenvalue weighted by Gasteiger charge is 2.13. The Morgan fingerprint density at radius 3 is 2.62 bits per heavy atom. The van der Waals surface area contributed by atoms with E-state index in [9.17, 15) is 0 Å². The van der Waals surface area contributed by atoms with Gasteiger partial charge >= 0.3 is 0 Å². The van der Waals surface area contributed by atoms with Gasteiger partial charge < -0.3 is 4.74 Å². The van der Waals surface area contributed by atoms with Gasteiger partial charge in [0.25, 0.3) is 0 Å². The minimum atomic E-state index is 0.512. The second-order valence-corrected chi connectivity index (χ2v) is 5.82. The number of ether oxygens (including phenoxy) is 1. The monoisotopic (exact) mass is 351 g/mol. The predicted molar refractivity (Wildman–Crippen MR) is 88.0 cm³/mol. The number of hydrogen-bond acceptors (Lipinski definition) is 3. The van der Waals surface area contributed by atoms with Gasteiger partial charge in [-0.3, -0.25) is 4.68 Å². The third-order valence-electron chi connectivity index (χ3n) is 3.50. The summed E-state index contributed by atoms with van der Waals surface area (Å²) in [5.74, 6) is 2.49. The zero-order valence-electron chi connectivity index (χ0n) is 12.6. The van der Waals surface area contributed by atoms with E-state index in [1.807, 2.05) is 16.8 Å². The molecule has 4 nitrogen and oxygen atoms in total. The van der Waals surface area contributed by atoms with Gasteiger partial charge in [-0.25, -0.2) is 4.98 Å². The Hall–Kier alpha value is -1.36. The minimum absolute atomic E-state index is 0.512. The average Bonchev–Trinajstić information content (AvgIpc) is 2.95. The molecule has 0 aliphatic carbocycles. The van der Waals surface area contributed by atoms with Gasteiger partial charge in [0.15, 0.2) is 0 Å². The molecule has 2 aromatic rings. The molecule has 1 aromatic heterocycles. The summed E-state index contributed by atoms with van der Waals surface area (Å²) >= 11 is 3.63. The first kappa shape index (κ1) is 16.0. The average molecular weight is 352 g/mol. The molecule has 0 saturated heterocycles. The first-order valence-corrected chi connectivity index (χ1v) is 8.44. The first-order valence-electron chi connectivity index (χ1n) is 7.32. The second-order valence-electron chi connectivity index (χ2n) is 5.18. The molecule has 1 atom stereocenters. The molecule has 2 rings (SSSR count). The summed E-state index contributed by atoms with van der Waals surface area (Å²) in [6.07, 6.45) is 4.70. The molecular weight excluding hydrogens is 330 g/mol. The number of benzene rings is 1. The van der Waals surface area contributed by atoms with E-state index in [2.05, 4.69) is 45.1 Å². The lowest BCUT2D eigenvalue weighted by Crippen LogP contribution is -2.15. The Kier molecular flexibility index (Phi) is 6.23. The molecule has 114 valence electrons. The van der Waals surface area contributed by atoms with Crippen LogP contribution in [0.3, 0.4) is 0 Å². The lowest BCUT2D eigenvalue weighted by molar-refractivity contribution is 0.414. The van der Waals surface area contributed by atoms with E-state index in [4.69, 9.17) is 4.74 Å². The number of aromatic nitrogens is 3. The Morgan fingerprint density at radius 2 is 2.00 bits per heavy atom. The summed E-state index contributed by atoms with van der Waals surface area (Å²) in [5.41, 5.74) is 1.32. The van der Waals surface area contributed by atoms with Crippen molar-refractivity contribution in [2.75, 3.05) is 12.4 Å². The largest absolute Gasteiger partial charge is 0.497 e. The highest BCUT2D eigenvalue weighted by molar-refractivity contribution is 9.09. The number of methoxy groups -OCH3 is 1. The van der Waals surface area contributed by atoms with Gasteiger partial charge in [0.05, 0.1) is 7.11 Å². The summed E-state index contributed by atoms with van der Waals surface area (Å²) in [6, 6.07) is 8.29. The summed E-state index contributed by atoms with van der Waals surface area (Å²) < 4.78 is 7.22. The molecule has 1 heterocycles. The van der Waals surface area contributed by atoms with E-state index < -0.39 is 0 Å². The number of alkyl halides is 1. The molecule has 0 aliphatic rings. The van der Waals surface area contributed by atoms with Crippen LogP contribution in [0.4, 0.5) is 0 Å². The maximum absolute atomic E-state index is 5.20. The highest BCUT2D eigenvalue weighted by atomic mass is 79.9. The Morgan fingerprint density at radius 1 is 1.24 bits per heavy atom. The standard InChI is InChI=1S/C16H22BrN3O/c1-3-8-20-16(18-12-19-20)10-14(11-17)9-13-4-6-15(21-2)7-5-13/h4-7,12,14H,3,8-11H2,1-2H3. The number of nitrogens with zero attached hydrogens (tertiary/aromatic N) is 3. The van der Waals surface area contributed by atoms with Crippen LogP contribution in [0.25, 0.3) is 0 Å². The first-order chi connectivity index (χ1) is 10.3. The maximum Gasteiger partial charge on any atom is 0.138 e. The van der Waals surface area contributed by atoms with Crippen LogP contribution in [0.1, 0.15) is 24.7 Å². The second kappa shape index (κ2) is 8.17. The van der Waals surface area contributed by atoms with Crippen molar-refractivity contribution < 1.29 is 4.74 Å². The molecule has 21 heavy (non-hydrogen) atoms. The fourth-order valence-corrected chi connectivity index (χ4v) is 2.84. The van der Waals surface area contributed by atoms with Gasteiger partial charge in [0, 0.05) is 18.3 Å². The number of halogens is 1. The van der Waals surface area contributed by atoms with E-state index in [1.165, 1.54) is 5.56 Å². The summed E-state index contributed by atoms with van der Waals surface area (Å²) in [5, 5.41) is 5.25. The molecule has 1 aromatic carbocycles. The molecule has 0 saturated carbocycles. The van der Waals surface area contributed by atoms with E-state index in [-0.39, 0.29) is 0 Å². The van der Waals surface area contributed by atoms with Crippen LogP contribution < -0.4 is 4.74 Å². The molecule has 0 spiro atoms. The van der Waals surface area contributed by atoms with Gasteiger partial charge in [-0.2, -0.15) is 5.10 Å². The van der Waals surface area contributed by atoms with Crippen LogP contribution in [0.2, 0.25) is 0 Å². The molecular formula is C16H22BrN3O. The maximum atomic E-state index is 5.20. The molecule has 0 radical (unpaired) electrons. The van der Waals surface area contributed by atoms with Gasteiger partial charge in [-0.15, -0.1) is 0 Å². The molecule has 0 N–H and O–H groups in total. The number of hydrogen-bond donors (Lipinski definition) is 0. The van der Waals surface area contributed by atoms with Crippen molar-refractivity contribution in [2.24, 2.45) is 5.92 Å². The van der Waals surface area contributed by atoms with Crippen LogP contribution >= 0.6 is 15.9 Å². The number of rotatable bonds is 8. The van der Waals surface area contributed by atoms with Crippen molar-refractivity contribution >= 4 is 15.9 Å². The van der Waals surface area contributed by atoms with E-state index in [1.54, 1.807) is 13.4 Å².